The number of nitrogens with one attached hydrogen (secondary N) is 2. The number of benzene rings is 1. The van der Waals surface area contributed by atoms with Gasteiger partial charge in [-0.3, -0.25) is 4.99 Å². The molecule has 0 aromatic heterocycles. The Bertz CT molecular complexity index is 416. The molecule has 0 aliphatic rings. The topological polar surface area (TPSA) is 54.9 Å². The highest BCUT2D eigenvalue weighted by molar-refractivity contribution is 14.0. The van der Waals surface area contributed by atoms with Gasteiger partial charge in [-0.15, -0.1) is 24.0 Å². The lowest BCUT2D eigenvalue weighted by molar-refractivity contribution is 0.0698. The minimum Gasteiger partial charge on any atom is -0.382 e. The first-order valence-electron chi connectivity index (χ1n) is 7.02. The van der Waals surface area contributed by atoms with Crippen LogP contribution in [0.15, 0.2) is 29.3 Å². The molecule has 5 nitrogen and oxygen atoms in total. The highest BCUT2D eigenvalue weighted by Gasteiger charge is 1.98. The number of hydrogen-bond donors (Lipinski definition) is 2. The highest BCUT2D eigenvalue weighted by Crippen LogP contribution is 2.01. The molecule has 0 unspecified atom stereocenters. The van der Waals surface area contributed by atoms with Crippen molar-refractivity contribution in [1.29, 1.82) is 0 Å². The van der Waals surface area contributed by atoms with Crippen molar-refractivity contribution in [1.82, 2.24) is 10.6 Å². The molecular weight excluding hydrogens is 400 g/mol. The van der Waals surface area contributed by atoms with Crippen LogP contribution in [-0.2, 0) is 16.0 Å². The minimum atomic E-state index is -0.227. The molecule has 0 amide bonds. The van der Waals surface area contributed by atoms with Gasteiger partial charge in [0.15, 0.2) is 5.96 Å². The lowest BCUT2D eigenvalue weighted by atomic mass is 10.2. The lowest BCUT2D eigenvalue weighted by Crippen LogP contribution is -2.37. The van der Waals surface area contributed by atoms with Gasteiger partial charge in [0, 0.05) is 33.9 Å². The Kier molecular flexibility index (Phi) is 13.1. The van der Waals surface area contributed by atoms with E-state index in [1.54, 1.807) is 26.3 Å². The molecule has 0 fully saturated rings. The summed E-state index contributed by atoms with van der Waals surface area (Å²) in [6.07, 6.45) is 0.890. The number of methoxy groups -OCH3 is 1. The Morgan fingerprint density at radius 1 is 1.14 bits per heavy atom. The molecule has 0 radical (unpaired) electrons. The monoisotopic (exact) mass is 425 g/mol. The van der Waals surface area contributed by atoms with E-state index in [0.29, 0.717) is 26.4 Å². The van der Waals surface area contributed by atoms with E-state index in [2.05, 4.69) is 15.6 Å². The fourth-order valence-corrected chi connectivity index (χ4v) is 1.63. The van der Waals surface area contributed by atoms with Gasteiger partial charge >= 0.3 is 0 Å². The first-order valence-corrected chi connectivity index (χ1v) is 7.02. The maximum absolute atomic E-state index is 12.8. The molecule has 0 bridgehead atoms. The summed E-state index contributed by atoms with van der Waals surface area (Å²) in [7, 11) is 3.37. The highest BCUT2D eigenvalue weighted by atomic mass is 127. The normalized spacial score (nSPS) is 11.0. The van der Waals surface area contributed by atoms with Crippen LogP contribution >= 0.6 is 24.0 Å². The average molecular weight is 425 g/mol. The molecule has 22 heavy (non-hydrogen) atoms. The first-order chi connectivity index (χ1) is 10.3. The van der Waals surface area contributed by atoms with Crippen molar-refractivity contribution in [2.45, 2.75) is 13.0 Å². The van der Waals surface area contributed by atoms with Gasteiger partial charge in [-0.2, -0.15) is 0 Å². The zero-order chi connectivity index (χ0) is 15.3. The van der Waals surface area contributed by atoms with Crippen LogP contribution in [0.1, 0.15) is 12.0 Å². The Balaban J connectivity index is 0.00000441. The zero-order valence-electron chi connectivity index (χ0n) is 13.1. The van der Waals surface area contributed by atoms with E-state index in [0.717, 1.165) is 24.5 Å². The van der Waals surface area contributed by atoms with Crippen molar-refractivity contribution >= 4 is 29.9 Å². The second-order valence-electron chi connectivity index (χ2n) is 4.44. The average Bonchev–Trinajstić information content (AvgIpc) is 2.51. The summed E-state index contributed by atoms with van der Waals surface area (Å²) in [6.45, 7) is 3.30. The zero-order valence-corrected chi connectivity index (χ0v) is 15.4. The van der Waals surface area contributed by atoms with Gasteiger partial charge < -0.3 is 20.1 Å². The first kappa shape index (κ1) is 21.1. The molecule has 7 heteroatoms. The van der Waals surface area contributed by atoms with Crippen LogP contribution < -0.4 is 10.6 Å². The van der Waals surface area contributed by atoms with Gasteiger partial charge in [-0.05, 0) is 24.1 Å². The van der Waals surface area contributed by atoms with Crippen molar-refractivity contribution in [3.05, 3.63) is 35.6 Å². The number of hydrogen-bond acceptors (Lipinski definition) is 3. The summed E-state index contributed by atoms with van der Waals surface area (Å²) >= 11 is 0. The van der Waals surface area contributed by atoms with Crippen LogP contribution in [0.2, 0.25) is 0 Å². The second-order valence-corrected chi connectivity index (χ2v) is 4.44. The van der Waals surface area contributed by atoms with Crippen LogP contribution in [0.3, 0.4) is 0 Å². The Morgan fingerprint density at radius 3 is 2.50 bits per heavy atom. The number of halogens is 2. The Hall–Kier alpha value is -0.930. The summed E-state index contributed by atoms with van der Waals surface area (Å²) in [5, 5.41) is 6.37. The summed E-state index contributed by atoms with van der Waals surface area (Å²) < 4.78 is 23.1. The molecule has 0 spiro atoms. The van der Waals surface area contributed by atoms with Gasteiger partial charge in [0.25, 0.3) is 0 Å². The van der Waals surface area contributed by atoms with Crippen molar-refractivity contribution in [2.75, 3.05) is 40.5 Å². The van der Waals surface area contributed by atoms with Gasteiger partial charge in [-0.1, -0.05) is 12.1 Å². The smallest absolute Gasteiger partial charge is 0.191 e. The number of aliphatic imine (C=N–C) groups is 1. The second kappa shape index (κ2) is 13.7. The minimum absolute atomic E-state index is 0. The van der Waals surface area contributed by atoms with E-state index < -0.39 is 0 Å². The molecule has 1 aromatic carbocycles. The third-order valence-electron chi connectivity index (χ3n) is 2.79. The van der Waals surface area contributed by atoms with E-state index in [9.17, 15) is 4.39 Å². The van der Waals surface area contributed by atoms with Gasteiger partial charge in [0.1, 0.15) is 5.82 Å². The molecule has 126 valence electrons. The third kappa shape index (κ3) is 9.91. The molecular formula is C15H25FIN3O2. The molecule has 0 aliphatic carbocycles. The van der Waals surface area contributed by atoms with Crippen LogP contribution in [-0.4, -0.2) is 46.5 Å². The summed E-state index contributed by atoms with van der Waals surface area (Å²) in [5.74, 6) is 0.492. The lowest BCUT2D eigenvalue weighted by Gasteiger charge is -2.12. The predicted octanol–water partition coefficient (Wildman–Crippen LogP) is 2.16. The van der Waals surface area contributed by atoms with Crippen molar-refractivity contribution in [3.63, 3.8) is 0 Å². The number of nitrogens with zero attached hydrogens (tertiary/aromatic N) is 1. The van der Waals surface area contributed by atoms with E-state index >= 15 is 0 Å². The van der Waals surface area contributed by atoms with E-state index in [-0.39, 0.29) is 29.8 Å². The maximum Gasteiger partial charge on any atom is 0.191 e. The molecule has 0 saturated carbocycles. The number of rotatable bonds is 9. The molecule has 0 atom stereocenters. The van der Waals surface area contributed by atoms with Gasteiger partial charge in [0.2, 0.25) is 0 Å². The molecule has 1 aromatic rings. The number of guanidine groups is 1. The van der Waals surface area contributed by atoms with Gasteiger partial charge in [-0.25, -0.2) is 4.39 Å². The summed E-state index contributed by atoms with van der Waals surface area (Å²) in [4.78, 5) is 4.13. The number of ether oxygens (including phenoxy) is 2. The molecule has 1 rings (SSSR count). The molecule has 0 aliphatic heterocycles. The maximum atomic E-state index is 12.8. The van der Waals surface area contributed by atoms with Crippen LogP contribution in [0, 0.1) is 5.82 Å². The van der Waals surface area contributed by atoms with Crippen LogP contribution in [0.5, 0.6) is 0 Å². The van der Waals surface area contributed by atoms with Crippen molar-refractivity contribution in [2.24, 2.45) is 4.99 Å². The SMILES string of the molecule is CN=C(NCCCOCCOC)NCc1ccc(F)cc1.I. The molecule has 0 heterocycles. The summed E-state index contributed by atoms with van der Waals surface area (Å²) in [5.41, 5.74) is 1.00. The summed E-state index contributed by atoms with van der Waals surface area (Å²) in [6, 6.07) is 6.40. The fraction of sp³-hybridized carbons (Fsp3) is 0.533. The van der Waals surface area contributed by atoms with Crippen molar-refractivity contribution in [3.8, 4) is 0 Å². The van der Waals surface area contributed by atoms with Crippen LogP contribution in [0.25, 0.3) is 0 Å². The largest absolute Gasteiger partial charge is 0.382 e. The van der Waals surface area contributed by atoms with E-state index in [4.69, 9.17) is 9.47 Å². The molecule has 2 N–H and O–H groups in total. The van der Waals surface area contributed by atoms with Gasteiger partial charge in [0.05, 0.1) is 13.2 Å². The quantitative estimate of drug-likeness (QED) is 0.276. The Labute approximate surface area is 148 Å². The van der Waals surface area contributed by atoms with E-state index in [1.165, 1.54) is 12.1 Å². The standard InChI is InChI=1S/C15H24FN3O2.HI/c1-17-15(18-8-3-9-21-11-10-20-2)19-12-13-4-6-14(16)7-5-13;/h4-7H,3,8-12H2,1-2H3,(H2,17,18,19);1H. The van der Waals surface area contributed by atoms with Crippen LogP contribution in [0.4, 0.5) is 4.39 Å². The fourth-order valence-electron chi connectivity index (χ4n) is 1.63. The Morgan fingerprint density at radius 2 is 1.86 bits per heavy atom. The third-order valence-corrected chi connectivity index (χ3v) is 2.79. The predicted molar refractivity (Wildman–Crippen MR) is 97.3 cm³/mol. The molecule has 0 saturated heterocycles. The van der Waals surface area contributed by atoms with E-state index in [1.807, 2.05) is 0 Å². The van der Waals surface area contributed by atoms with Crippen molar-refractivity contribution < 1.29 is 13.9 Å².